The van der Waals surface area contributed by atoms with Crippen LogP contribution in [0, 0.1) is 0 Å². The van der Waals surface area contributed by atoms with Gasteiger partial charge in [-0.15, -0.1) is 0 Å². The van der Waals surface area contributed by atoms with Crippen LogP contribution < -0.4 is 11.1 Å². The van der Waals surface area contributed by atoms with Crippen molar-refractivity contribution in [2.24, 2.45) is 10.7 Å². The lowest BCUT2D eigenvalue weighted by atomic mass is 9.98. The van der Waals surface area contributed by atoms with E-state index in [1.807, 2.05) is 0 Å². The lowest BCUT2D eigenvalue weighted by Gasteiger charge is -2.35. The Bertz CT molecular complexity index is 251. The molecule has 92 valence electrons. The smallest absolute Gasteiger partial charge is 0.188 e. The highest BCUT2D eigenvalue weighted by atomic mass is 15.2. The molecule has 2 rings (SSSR count). The summed E-state index contributed by atoms with van der Waals surface area (Å²) in [6.07, 6.45) is 6.24. The molecule has 2 heterocycles. The van der Waals surface area contributed by atoms with E-state index in [1.54, 1.807) is 0 Å². The zero-order valence-corrected chi connectivity index (χ0v) is 10.3. The minimum absolute atomic E-state index is 0.542. The second kappa shape index (κ2) is 5.53. The molecule has 0 amide bonds. The molecular weight excluding hydrogens is 200 g/mol. The summed E-state index contributed by atoms with van der Waals surface area (Å²) >= 11 is 0. The van der Waals surface area contributed by atoms with E-state index in [9.17, 15) is 0 Å². The summed E-state index contributed by atoms with van der Waals surface area (Å²) in [5.41, 5.74) is 5.85. The number of hydrogen-bond acceptors (Lipinski definition) is 2. The van der Waals surface area contributed by atoms with Gasteiger partial charge in [0.2, 0.25) is 0 Å². The van der Waals surface area contributed by atoms with Crippen molar-refractivity contribution in [2.45, 2.75) is 51.1 Å². The molecule has 2 aliphatic rings. The second-order valence-corrected chi connectivity index (χ2v) is 4.96. The van der Waals surface area contributed by atoms with Gasteiger partial charge in [-0.1, -0.05) is 6.92 Å². The maximum atomic E-state index is 5.85. The molecule has 3 N–H and O–H groups in total. The summed E-state index contributed by atoms with van der Waals surface area (Å²) in [7, 11) is 0. The maximum Gasteiger partial charge on any atom is 0.188 e. The van der Waals surface area contributed by atoms with E-state index in [1.165, 1.54) is 38.8 Å². The Hall–Kier alpha value is -0.770. The molecule has 2 unspecified atom stereocenters. The fourth-order valence-electron chi connectivity index (χ4n) is 2.84. The quantitative estimate of drug-likeness (QED) is 0.554. The summed E-state index contributed by atoms with van der Waals surface area (Å²) in [4.78, 5) is 6.91. The molecule has 16 heavy (non-hydrogen) atoms. The Morgan fingerprint density at radius 1 is 1.44 bits per heavy atom. The van der Waals surface area contributed by atoms with Crippen LogP contribution in [0.25, 0.3) is 0 Å². The largest absolute Gasteiger partial charge is 0.370 e. The van der Waals surface area contributed by atoms with Gasteiger partial charge in [0.15, 0.2) is 5.96 Å². The standard InChI is InChI=1S/C12H24N4/c1-2-6-14-12(13)15-10-5-8-16-7-3-4-11(16)9-10/h10-11H,2-9H2,1H3,(H3,13,14,15). The monoisotopic (exact) mass is 224 g/mol. The number of aliphatic imine (C=N–C) groups is 1. The predicted molar refractivity (Wildman–Crippen MR) is 67.5 cm³/mol. The number of rotatable bonds is 3. The van der Waals surface area contributed by atoms with Gasteiger partial charge in [0, 0.05) is 25.2 Å². The Morgan fingerprint density at radius 3 is 3.12 bits per heavy atom. The highest BCUT2D eigenvalue weighted by Crippen LogP contribution is 2.26. The van der Waals surface area contributed by atoms with Crippen molar-refractivity contribution in [3.63, 3.8) is 0 Å². The predicted octanol–water partition coefficient (Wildman–Crippen LogP) is 0.928. The first-order valence-electron chi connectivity index (χ1n) is 6.60. The normalized spacial score (nSPS) is 31.4. The third kappa shape index (κ3) is 2.88. The number of piperidine rings is 1. The van der Waals surface area contributed by atoms with Gasteiger partial charge in [0.05, 0.1) is 0 Å². The Balaban J connectivity index is 1.78. The lowest BCUT2D eigenvalue weighted by molar-refractivity contribution is 0.175. The molecule has 2 atom stereocenters. The minimum Gasteiger partial charge on any atom is -0.370 e. The molecule has 0 bridgehead atoms. The van der Waals surface area contributed by atoms with E-state index in [2.05, 4.69) is 22.1 Å². The van der Waals surface area contributed by atoms with Crippen molar-refractivity contribution < 1.29 is 0 Å². The molecule has 2 saturated heterocycles. The fourth-order valence-corrected chi connectivity index (χ4v) is 2.84. The molecular formula is C12H24N4. The molecule has 0 radical (unpaired) electrons. The third-order valence-electron chi connectivity index (χ3n) is 3.68. The average Bonchev–Trinajstić information content (AvgIpc) is 2.73. The van der Waals surface area contributed by atoms with E-state index in [0.717, 1.165) is 19.0 Å². The first kappa shape index (κ1) is 11.7. The van der Waals surface area contributed by atoms with Crippen molar-refractivity contribution >= 4 is 5.96 Å². The van der Waals surface area contributed by atoms with Crippen LogP contribution in [0.15, 0.2) is 4.99 Å². The zero-order chi connectivity index (χ0) is 11.4. The van der Waals surface area contributed by atoms with E-state index in [0.29, 0.717) is 12.0 Å². The summed E-state index contributed by atoms with van der Waals surface area (Å²) in [5, 5.41) is 3.37. The molecule has 0 aliphatic carbocycles. The zero-order valence-electron chi connectivity index (χ0n) is 10.3. The first-order valence-corrected chi connectivity index (χ1v) is 6.60. The van der Waals surface area contributed by atoms with Gasteiger partial charge in [0.25, 0.3) is 0 Å². The van der Waals surface area contributed by atoms with Crippen molar-refractivity contribution in [1.29, 1.82) is 0 Å². The SMILES string of the molecule is CCCN=C(N)NC1CCN2CCCC2C1. The maximum absolute atomic E-state index is 5.85. The topological polar surface area (TPSA) is 53.6 Å². The molecule has 4 heteroatoms. The number of nitrogens with one attached hydrogen (secondary N) is 1. The molecule has 2 fully saturated rings. The number of fused-ring (bicyclic) bond motifs is 1. The van der Waals surface area contributed by atoms with Crippen molar-refractivity contribution in [1.82, 2.24) is 10.2 Å². The summed E-state index contributed by atoms with van der Waals surface area (Å²) < 4.78 is 0. The number of nitrogens with two attached hydrogens (primary N) is 1. The number of hydrogen-bond donors (Lipinski definition) is 2. The molecule has 0 aromatic heterocycles. The van der Waals surface area contributed by atoms with Crippen LogP contribution in [-0.4, -0.2) is 42.6 Å². The summed E-state index contributed by atoms with van der Waals surface area (Å²) in [6, 6.07) is 1.34. The summed E-state index contributed by atoms with van der Waals surface area (Å²) in [6.45, 7) is 5.48. The Morgan fingerprint density at radius 2 is 2.31 bits per heavy atom. The van der Waals surface area contributed by atoms with Gasteiger partial charge in [0.1, 0.15) is 0 Å². The van der Waals surface area contributed by atoms with Crippen molar-refractivity contribution in [3.05, 3.63) is 0 Å². The molecule has 0 spiro atoms. The van der Waals surface area contributed by atoms with Gasteiger partial charge in [-0.25, -0.2) is 0 Å². The van der Waals surface area contributed by atoms with Crippen LogP contribution in [0.5, 0.6) is 0 Å². The van der Waals surface area contributed by atoms with E-state index in [4.69, 9.17) is 5.73 Å². The molecule has 2 aliphatic heterocycles. The van der Waals surface area contributed by atoms with Crippen LogP contribution in [-0.2, 0) is 0 Å². The third-order valence-corrected chi connectivity index (χ3v) is 3.68. The van der Waals surface area contributed by atoms with Crippen molar-refractivity contribution in [2.75, 3.05) is 19.6 Å². The minimum atomic E-state index is 0.542. The van der Waals surface area contributed by atoms with E-state index < -0.39 is 0 Å². The van der Waals surface area contributed by atoms with Gasteiger partial charge in [-0.2, -0.15) is 0 Å². The molecule has 0 aromatic carbocycles. The molecule has 0 saturated carbocycles. The van der Waals surface area contributed by atoms with Gasteiger partial charge in [-0.05, 0) is 38.6 Å². The summed E-state index contributed by atoms with van der Waals surface area (Å²) in [5.74, 6) is 0.637. The second-order valence-electron chi connectivity index (χ2n) is 4.96. The van der Waals surface area contributed by atoms with Crippen molar-refractivity contribution in [3.8, 4) is 0 Å². The number of guanidine groups is 1. The Labute approximate surface area is 98.3 Å². The van der Waals surface area contributed by atoms with Gasteiger partial charge in [-0.3, -0.25) is 4.99 Å². The molecule has 4 nitrogen and oxygen atoms in total. The lowest BCUT2D eigenvalue weighted by Crippen LogP contribution is -2.49. The Kier molecular flexibility index (Phi) is 4.04. The van der Waals surface area contributed by atoms with Gasteiger partial charge >= 0.3 is 0 Å². The van der Waals surface area contributed by atoms with Gasteiger partial charge < -0.3 is 16.0 Å². The van der Waals surface area contributed by atoms with Crippen LogP contribution in [0.1, 0.15) is 39.0 Å². The highest BCUT2D eigenvalue weighted by Gasteiger charge is 2.31. The fraction of sp³-hybridized carbons (Fsp3) is 0.917. The van der Waals surface area contributed by atoms with E-state index in [-0.39, 0.29) is 0 Å². The highest BCUT2D eigenvalue weighted by molar-refractivity contribution is 5.78. The van der Waals surface area contributed by atoms with Crippen LogP contribution in [0.3, 0.4) is 0 Å². The van der Waals surface area contributed by atoms with Crippen LogP contribution in [0.4, 0.5) is 0 Å². The average molecular weight is 224 g/mol. The number of nitrogens with zero attached hydrogens (tertiary/aromatic N) is 2. The van der Waals surface area contributed by atoms with Crippen LogP contribution >= 0.6 is 0 Å². The molecule has 0 aromatic rings. The first-order chi connectivity index (χ1) is 7.79. The van der Waals surface area contributed by atoms with E-state index >= 15 is 0 Å². The van der Waals surface area contributed by atoms with Crippen LogP contribution in [0.2, 0.25) is 0 Å².